The Labute approximate surface area is 99.8 Å². The van der Waals surface area contributed by atoms with Crippen LogP contribution in [0.1, 0.15) is 12.1 Å². The summed E-state index contributed by atoms with van der Waals surface area (Å²) in [5.74, 6) is 0.917. The number of rotatable bonds is 4. The average Bonchev–Trinajstić information content (AvgIpc) is 2.89. The zero-order valence-electron chi connectivity index (χ0n) is 9.94. The first kappa shape index (κ1) is 10.5. The van der Waals surface area contributed by atoms with E-state index in [1.54, 1.807) is 13.4 Å². The van der Waals surface area contributed by atoms with Crippen molar-refractivity contribution in [2.45, 2.75) is 19.4 Å². The molecule has 1 N–H and O–H groups in total. The van der Waals surface area contributed by atoms with Gasteiger partial charge >= 0.3 is 0 Å². The Kier molecular flexibility index (Phi) is 2.68. The lowest BCUT2D eigenvalue weighted by atomic mass is 10.3. The molecule has 5 heteroatoms. The lowest BCUT2D eigenvalue weighted by Gasteiger charge is -2.08. The fourth-order valence-corrected chi connectivity index (χ4v) is 2.43. The summed E-state index contributed by atoms with van der Waals surface area (Å²) < 4.78 is 7.36. The molecule has 3 heterocycles. The van der Waals surface area contributed by atoms with Gasteiger partial charge < -0.3 is 14.6 Å². The van der Waals surface area contributed by atoms with E-state index in [2.05, 4.69) is 25.9 Å². The van der Waals surface area contributed by atoms with Gasteiger partial charge in [-0.05, 0) is 18.9 Å². The Bertz CT molecular complexity index is 535. The van der Waals surface area contributed by atoms with Crippen LogP contribution in [0.25, 0.3) is 11.0 Å². The van der Waals surface area contributed by atoms with E-state index in [1.165, 1.54) is 12.1 Å². The molecule has 0 aromatic carbocycles. The third-order valence-electron chi connectivity index (χ3n) is 3.18. The van der Waals surface area contributed by atoms with E-state index >= 15 is 0 Å². The van der Waals surface area contributed by atoms with E-state index in [4.69, 9.17) is 4.74 Å². The van der Waals surface area contributed by atoms with E-state index in [0.29, 0.717) is 6.61 Å². The van der Waals surface area contributed by atoms with E-state index in [1.807, 2.05) is 0 Å². The first-order chi connectivity index (χ1) is 8.40. The standard InChI is InChI=1S/C12H16N4O/c1-17-6-4-13-12-11-10(14-8-15-12)7-9-3-2-5-16(9)11/h7-8H,2-6H2,1H3,(H,13,14,15). The van der Waals surface area contributed by atoms with Crippen LogP contribution in [-0.4, -0.2) is 34.8 Å². The van der Waals surface area contributed by atoms with Gasteiger partial charge in [-0.25, -0.2) is 9.97 Å². The van der Waals surface area contributed by atoms with Gasteiger partial charge in [0.25, 0.3) is 0 Å². The van der Waals surface area contributed by atoms with Gasteiger partial charge in [0.1, 0.15) is 11.8 Å². The summed E-state index contributed by atoms with van der Waals surface area (Å²) in [6.45, 7) is 2.52. The zero-order chi connectivity index (χ0) is 11.7. The second kappa shape index (κ2) is 4.33. The highest BCUT2D eigenvalue weighted by Gasteiger charge is 2.17. The molecule has 0 saturated heterocycles. The molecule has 1 aliphatic rings. The smallest absolute Gasteiger partial charge is 0.154 e. The number of hydrogen-bond donors (Lipinski definition) is 1. The van der Waals surface area contributed by atoms with Crippen LogP contribution in [0, 0.1) is 0 Å². The Balaban J connectivity index is 1.99. The molecule has 0 saturated carbocycles. The minimum absolute atomic E-state index is 0.680. The van der Waals surface area contributed by atoms with E-state index in [0.717, 1.165) is 36.4 Å². The predicted molar refractivity (Wildman–Crippen MR) is 66.2 cm³/mol. The van der Waals surface area contributed by atoms with Crippen molar-refractivity contribution < 1.29 is 4.74 Å². The second-order valence-electron chi connectivity index (χ2n) is 4.27. The Morgan fingerprint density at radius 3 is 3.29 bits per heavy atom. The summed E-state index contributed by atoms with van der Waals surface area (Å²) in [6.07, 6.45) is 3.98. The molecular weight excluding hydrogens is 216 g/mol. The van der Waals surface area contributed by atoms with Gasteiger partial charge in [-0.15, -0.1) is 0 Å². The minimum Gasteiger partial charge on any atom is -0.383 e. The van der Waals surface area contributed by atoms with Crippen molar-refractivity contribution in [3.8, 4) is 0 Å². The molecule has 17 heavy (non-hydrogen) atoms. The summed E-state index contributed by atoms with van der Waals surface area (Å²) in [4.78, 5) is 8.66. The number of nitrogens with one attached hydrogen (secondary N) is 1. The topological polar surface area (TPSA) is 52.0 Å². The molecule has 90 valence electrons. The highest BCUT2D eigenvalue weighted by atomic mass is 16.5. The van der Waals surface area contributed by atoms with Gasteiger partial charge in [0.05, 0.1) is 12.1 Å². The second-order valence-corrected chi connectivity index (χ2v) is 4.27. The summed E-state index contributed by atoms with van der Waals surface area (Å²) in [5.41, 5.74) is 3.54. The number of methoxy groups -OCH3 is 1. The molecule has 0 spiro atoms. The Morgan fingerprint density at radius 1 is 1.47 bits per heavy atom. The van der Waals surface area contributed by atoms with Crippen LogP contribution in [0.2, 0.25) is 0 Å². The maximum absolute atomic E-state index is 5.04. The SMILES string of the molecule is COCCNc1ncnc2cc3n(c12)CCC3. The van der Waals surface area contributed by atoms with Crippen LogP contribution in [0.15, 0.2) is 12.4 Å². The molecule has 2 aromatic heterocycles. The Morgan fingerprint density at radius 2 is 2.41 bits per heavy atom. The molecule has 0 aliphatic carbocycles. The first-order valence-corrected chi connectivity index (χ1v) is 5.96. The number of fused-ring (bicyclic) bond motifs is 3. The Hall–Kier alpha value is -1.62. The fourth-order valence-electron chi connectivity index (χ4n) is 2.43. The summed E-state index contributed by atoms with van der Waals surface area (Å²) in [5, 5.41) is 3.31. The molecule has 0 amide bonds. The largest absolute Gasteiger partial charge is 0.383 e. The van der Waals surface area contributed by atoms with Crippen molar-refractivity contribution >= 4 is 16.9 Å². The summed E-state index contributed by atoms with van der Waals surface area (Å²) in [6, 6.07) is 2.17. The summed E-state index contributed by atoms with van der Waals surface area (Å²) >= 11 is 0. The van der Waals surface area contributed by atoms with Crippen LogP contribution >= 0.6 is 0 Å². The summed E-state index contributed by atoms with van der Waals surface area (Å²) in [7, 11) is 1.70. The maximum atomic E-state index is 5.04. The highest BCUT2D eigenvalue weighted by Crippen LogP contribution is 2.28. The number of nitrogens with zero attached hydrogens (tertiary/aromatic N) is 3. The molecule has 0 atom stereocenters. The molecule has 5 nitrogen and oxygen atoms in total. The monoisotopic (exact) mass is 232 g/mol. The van der Waals surface area contributed by atoms with Gasteiger partial charge in [-0.2, -0.15) is 0 Å². The van der Waals surface area contributed by atoms with Gasteiger partial charge in [0, 0.05) is 25.9 Å². The lowest BCUT2D eigenvalue weighted by Crippen LogP contribution is -2.10. The van der Waals surface area contributed by atoms with E-state index in [-0.39, 0.29) is 0 Å². The van der Waals surface area contributed by atoms with Crippen molar-refractivity contribution in [1.29, 1.82) is 0 Å². The van der Waals surface area contributed by atoms with Crippen LogP contribution in [0.4, 0.5) is 5.82 Å². The van der Waals surface area contributed by atoms with Crippen molar-refractivity contribution in [3.05, 3.63) is 18.1 Å². The van der Waals surface area contributed by atoms with E-state index in [9.17, 15) is 0 Å². The fraction of sp³-hybridized carbons (Fsp3) is 0.500. The number of anilines is 1. The van der Waals surface area contributed by atoms with Gasteiger partial charge in [-0.1, -0.05) is 0 Å². The maximum Gasteiger partial charge on any atom is 0.154 e. The third kappa shape index (κ3) is 1.76. The number of hydrogen-bond acceptors (Lipinski definition) is 4. The lowest BCUT2D eigenvalue weighted by molar-refractivity contribution is 0.210. The minimum atomic E-state index is 0.680. The van der Waals surface area contributed by atoms with Crippen LogP contribution in [0.5, 0.6) is 0 Å². The molecule has 1 aliphatic heterocycles. The number of aryl methyl sites for hydroxylation is 2. The molecule has 3 rings (SSSR count). The van der Waals surface area contributed by atoms with Crippen molar-refractivity contribution in [1.82, 2.24) is 14.5 Å². The number of ether oxygens (including phenoxy) is 1. The van der Waals surface area contributed by atoms with Crippen LogP contribution in [0.3, 0.4) is 0 Å². The van der Waals surface area contributed by atoms with Gasteiger partial charge in [-0.3, -0.25) is 0 Å². The average molecular weight is 232 g/mol. The molecule has 0 radical (unpaired) electrons. The first-order valence-electron chi connectivity index (χ1n) is 5.96. The zero-order valence-corrected chi connectivity index (χ0v) is 9.94. The molecule has 0 fully saturated rings. The number of aromatic nitrogens is 3. The molecule has 2 aromatic rings. The van der Waals surface area contributed by atoms with Crippen molar-refractivity contribution in [2.75, 3.05) is 25.6 Å². The highest BCUT2D eigenvalue weighted by molar-refractivity contribution is 5.87. The van der Waals surface area contributed by atoms with Crippen molar-refractivity contribution in [3.63, 3.8) is 0 Å². The normalized spacial score (nSPS) is 14.2. The predicted octanol–water partition coefficient (Wildman–Crippen LogP) is 1.44. The molecule has 0 bridgehead atoms. The van der Waals surface area contributed by atoms with Crippen LogP contribution < -0.4 is 5.32 Å². The quantitative estimate of drug-likeness (QED) is 0.810. The van der Waals surface area contributed by atoms with Crippen molar-refractivity contribution in [2.24, 2.45) is 0 Å². The van der Waals surface area contributed by atoms with Gasteiger partial charge in [0.2, 0.25) is 0 Å². The third-order valence-corrected chi connectivity index (χ3v) is 3.18. The van der Waals surface area contributed by atoms with Gasteiger partial charge in [0.15, 0.2) is 5.82 Å². The molecule has 0 unspecified atom stereocenters. The van der Waals surface area contributed by atoms with E-state index < -0.39 is 0 Å². The molecular formula is C12H16N4O. The van der Waals surface area contributed by atoms with Crippen LogP contribution in [-0.2, 0) is 17.7 Å².